The second-order valence-electron chi connectivity index (χ2n) is 3.68. The molecular formula is C16H20. The van der Waals surface area contributed by atoms with Crippen LogP contribution in [-0.4, -0.2) is 0 Å². The van der Waals surface area contributed by atoms with Crippen molar-refractivity contribution in [2.24, 2.45) is 0 Å². The molecule has 0 aromatic heterocycles. The monoisotopic (exact) mass is 212 g/mol. The van der Waals surface area contributed by atoms with Crippen molar-refractivity contribution in [1.82, 2.24) is 0 Å². The van der Waals surface area contributed by atoms with Gasteiger partial charge >= 0.3 is 0 Å². The zero-order valence-corrected chi connectivity index (χ0v) is 10.2. The van der Waals surface area contributed by atoms with Crippen LogP contribution in [0.15, 0.2) is 60.7 Å². The van der Waals surface area contributed by atoms with E-state index in [1.807, 2.05) is 36.4 Å². The summed E-state index contributed by atoms with van der Waals surface area (Å²) in [4.78, 5) is 0. The minimum Gasteiger partial charge on any atom is -0.0623 e. The maximum Gasteiger partial charge on any atom is -0.0307 e. The summed E-state index contributed by atoms with van der Waals surface area (Å²) in [6.45, 7) is 4.36. The zero-order chi connectivity index (χ0) is 11.6. The van der Waals surface area contributed by atoms with E-state index < -0.39 is 0 Å². The van der Waals surface area contributed by atoms with Crippen molar-refractivity contribution in [1.29, 1.82) is 0 Å². The molecule has 0 aliphatic rings. The van der Waals surface area contributed by atoms with E-state index in [9.17, 15) is 0 Å². The van der Waals surface area contributed by atoms with Gasteiger partial charge in [0.15, 0.2) is 0 Å². The number of aryl methyl sites for hydroxylation is 2. The Morgan fingerprint density at radius 1 is 0.562 bits per heavy atom. The van der Waals surface area contributed by atoms with Crippen LogP contribution >= 0.6 is 0 Å². The van der Waals surface area contributed by atoms with Crippen molar-refractivity contribution in [2.45, 2.75) is 26.7 Å². The molecule has 0 spiro atoms. The SMILES string of the molecule is CCc1ccc(CC)cc1.c1ccccc1. The Hall–Kier alpha value is -1.56. The van der Waals surface area contributed by atoms with E-state index in [0.717, 1.165) is 12.8 Å². The Balaban J connectivity index is 0.000000181. The van der Waals surface area contributed by atoms with E-state index in [4.69, 9.17) is 0 Å². The largest absolute Gasteiger partial charge is 0.0623 e. The summed E-state index contributed by atoms with van der Waals surface area (Å²) in [5, 5.41) is 0. The first kappa shape index (κ1) is 12.5. The topological polar surface area (TPSA) is 0 Å². The molecule has 0 aliphatic heterocycles. The molecule has 0 radical (unpaired) electrons. The van der Waals surface area contributed by atoms with Gasteiger partial charge in [0, 0.05) is 0 Å². The van der Waals surface area contributed by atoms with E-state index >= 15 is 0 Å². The van der Waals surface area contributed by atoms with Crippen molar-refractivity contribution in [3.8, 4) is 0 Å². The van der Waals surface area contributed by atoms with Crippen LogP contribution in [0.2, 0.25) is 0 Å². The fraction of sp³-hybridized carbons (Fsp3) is 0.250. The van der Waals surface area contributed by atoms with Gasteiger partial charge in [-0.05, 0) is 24.0 Å². The smallest absolute Gasteiger partial charge is 0.0307 e. The lowest BCUT2D eigenvalue weighted by Crippen LogP contribution is -1.81. The summed E-state index contributed by atoms with van der Waals surface area (Å²) in [5.74, 6) is 0. The summed E-state index contributed by atoms with van der Waals surface area (Å²) in [6, 6.07) is 20.8. The van der Waals surface area contributed by atoms with Crippen LogP contribution in [-0.2, 0) is 12.8 Å². The van der Waals surface area contributed by atoms with Crippen LogP contribution in [0.25, 0.3) is 0 Å². The highest BCUT2D eigenvalue weighted by molar-refractivity contribution is 5.22. The maximum atomic E-state index is 2.21. The van der Waals surface area contributed by atoms with E-state index in [1.165, 1.54) is 11.1 Å². The highest BCUT2D eigenvalue weighted by Crippen LogP contribution is 2.04. The van der Waals surface area contributed by atoms with Crippen LogP contribution < -0.4 is 0 Å². The quantitative estimate of drug-likeness (QED) is 0.687. The normalized spacial score (nSPS) is 9.12. The molecule has 2 aromatic rings. The molecule has 0 bridgehead atoms. The third-order valence-electron chi connectivity index (χ3n) is 2.51. The lowest BCUT2D eigenvalue weighted by atomic mass is 10.1. The van der Waals surface area contributed by atoms with Gasteiger partial charge in [0.05, 0.1) is 0 Å². The van der Waals surface area contributed by atoms with Gasteiger partial charge in [0.2, 0.25) is 0 Å². The predicted molar refractivity (Wildman–Crippen MR) is 71.6 cm³/mol. The second-order valence-corrected chi connectivity index (χ2v) is 3.68. The number of hydrogen-bond donors (Lipinski definition) is 0. The van der Waals surface area contributed by atoms with Crippen LogP contribution in [0.3, 0.4) is 0 Å². The second kappa shape index (κ2) is 7.70. The standard InChI is InChI=1S/C10H14.C6H6/c1-3-9-5-7-10(4-2)8-6-9;1-2-4-6-5-3-1/h5-8H,3-4H2,1-2H3;1-6H. The molecule has 0 amide bonds. The maximum absolute atomic E-state index is 2.21. The van der Waals surface area contributed by atoms with Crippen molar-refractivity contribution in [2.75, 3.05) is 0 Å². The first-order valence-electron chi connectivity index (χ1n) is 5.94. The van der Waals surface area contributed by atoms with Crippen LogP contribution in [0.4, 0.5) is 0 Å². The molecule has 84 valence electrons. The molecule has 0 atom stereocenters. The molecular weight excluding hydrogens is 192 g/mol. The summed E-state index contributed by atoms with van der Waals surface area (Å²) in [7, 11) is 0. The number of benzene rings is 2. The van der Waals surface area contributed by atoms with Gasteiger partial charge in [-0.15, -0.1) is 0 Å². The number of hydrogen-bond acceptors (Lipinski definition) is 0. The van der Waals surface area contributed by atoms with E-state index in [1.54, 1.807) is 0 Å². The lowest BCUT2D eigenvalue weighted by molar-refractivity contribution is 1.10. The van der Waals surface area contributed by atoms with E-state index in [2.05, 4.69) is 38.1 Å². The molecule has 0 heterocycles. The van der Waals surface area contributed by atoms with Gasteiger partial charge in [-0.1, -0.05) is 74.5 Å². The molecule has 2 aromatic carbocycles. The van der Waals surface area contributed by atoms with Gasteiger partial charge in [-0.2, -0.15) is 0 Å². The molecule has 0 saturated carbocycles. The Kier molecular flexibility index (Phi) is 6.02. The van der Waals surface area contributed by atoms with Crippen LogP contribution in [0.5, 0.6) is 0 Å². The lowest BCUT2D eigenvalue weighted by Gasteiger charge is -1.97. The van der Waals surface area contributed by atoms with Crippen LogP contribution in [0.1, 0.15) is 25.0 Å². The molecule has 0 fully saturated rings. The van der Waals surface area contributed by atoms with Crippen molar-refractivity contribution < 1.29 is 0 Å². The Morgan fingerprint density at radius 3 is 1.00 bits per heavy atom. The summed E-state index contributed by atoms with van der Waals surface area (Å²) < 4.78 is 0. The highest BCUT2D eigenvalue weighted by Gasteiger charge is 1.88. The molecule has 16 heavy (non-hydrogen) atoms. The van der Waals surface area contributed by atoms with Crippen LogP contribution in [0, 0.1) is 0 Å². The zero-order valence-electron chi connectivity index (χ0n) is 10.2. The first-order valence-corrected chi connectivity index (χ1v) is 5.94. The summed E-state index contributed by atoms with van der Waals surface area (Å²) >= 11 is 0. The number of rotatable bonds is 2. The van der Waals surface area contributed by atoms with Crippen molar-refractivity contribution in [3.63, 3.8) is 0 Å². The van der Waals surface area contributed by atoms with E-state index in [0.29, 0.717) is 0 Å². The molecule has 0 aliphatic carbocycles. The molecule has 0 N–H and O–H groups in total. The molecule has 0 unspecified atom stereocenters. The average molecular weight is 212 g/mol. The Labute approximate surface area is 99.0 Å². The molecule has 0 saturated heterocycles. The summed E-state index contributed by atoms with van der Waals surface area (Å²) in [6.07, 6.45) is 2.29. The summed E-state index contributed by atoms with van der Waals surface area (Å²) in [5.41, 5.74) is 2.86. The molecule has 2 rings (SSSR count). The van der Waals surface area contributed by atoms with Gasteiger partial charge in [-0.3, -0.25) is 0 Å². The Bertz CT molecular complexity index is 309. The molecule has 0 heteroatoms. The first-order chi connectivity index (χ1) is 7.86. The molecule has 0 nitrogen and oxygen atoms in total. The Morgan fingerprint density at radius 2 is 0.812 bits per heavy atom. The minimum absolute atomic E-state index is 1.14. The van der Waals surface area contributed by atoms with Crippen molar-refractivity contribution in [3.05, 3.63) is 71.8 Å². The third-order valence-corrected chi connectivity index (χ3v) is 2.51. The fourth-order valence-electron chi connectivity index (χ4n) is 1.40. The van der Waals surface area contributed by atoms with Gasteiger partial charge in [0.25, 0.3) is 0 Å². The predicted octanol–water partition coefficient (Wildman–Crippen LogP) is 4.50. The third kappa shape index (κ3) is 4.79. The van der Waals surface area contributed by atoms with Gasteiger partial charge in [0.1, 0.15) is 0 Å². The van der Waals surface area contributed by atoms with Crippen molar-refractivity contribution >= 4 is 0 Å². The fourth-order valence-corrected chi connectivity index (χ4v) is 1.40. The highest BCUT2D eigenvalue weighted by atomic mass is 13.9. The van der Waals surface area contributed by atoms with Gasteiger partial charge in [-0.25, -0.2) is 0 Å². The van der Waals surface area contributed by atoms with Gasteiger partial charge < -0.3 is 0 Å². The van der Waals surface area contributed by atoms with E-state index in [-0.39, 0.29) is 0 Å². The average Bonchev–Trinajstić information content (AvgIpc) is 2.41. The minimum atomic E-state index is 1.14.